The van der Waals surface area contributed by atoms with Gasteiger partial charge in [-0.15, -0.1) is 0 Å². The van der Waals surface area contributed by atoms with Gasteiger partial charge in [-0.05, 0) is 41.8 Å². The summed E-state index contributed by atoms with van der Waals surface area (Å²) in [6, 6.07) is 11.3. The zero-order valence-electron chi connectivity index (χ0n) is 14.3. The van der Waals surface area contributed by atoms with E-state index in [9.17, 15) is 4.79 Å². The maximum Gasteiger partial charge on any atom is 0.231 e. The average molecular weight is 343 g/mol. The van der Waals surface area contributed by atoms with Crippen molar-refractivity contribution in [1.82, 2.24) is 5.32 Å². The second kappa shape index (κ2) is 7.79. The zero-order chi connectivity index (χ0) is 17.6. The first-order valence-electron chi connectivity index (χ1n) is 8.05. The highest BCUT2D eigenvalue weighted by Gasteiger charge is 2.13. The van der Waals surface area contributed by atoms with Crippen molar-refractivity contribution in [3.8, 4) is 23.0 Å². The number of fused-ring (bicyclic) bond motifs is 1. The molecule has 0 saturated carbocycles. The van der Waals surface area contributed by atoms with Crippen molar-refractivity contribution in [2.24, 2.45) is 0 Å². The molecule has 0 spiro atoms. The molecule has 3 rings (SSSR count). The molecule has 2 aromatic rings. The Morgan fingerprint density at radius 1 is 1.00 bits per heavy atom. The van der Waals surface area contributed by atoms with E-state index < -0.39 is 0 Å². The molecule has 0 saturated heterocycles. The predicted octanol–water partition coefficient (Wildman–Crippen LogP) is 2.68. The second-order valence-corrected chi connectivity index (χ2v) is 5.69. The van der Waals surface area contributed by atoms with Crippen molar-refractivity contribution >= 4 is 5.91 Å². The van der Waals surface area contributed by atoms with E-state index >= 15 is 0 Å². The van der Waals surface area contributed by atoms with Crippen LogP contribution in [0.3, 0.4) is 0 Å². The highest BCUT2D eigenvalue weighted by Crippen LogP contribution is 2.32. The number of ether oxygens (including phenoxy) is 4. The smallest absolute Gasteiger partial charge is 0.231 e. The Morgan fingerprint density at radius 3 is 2.44 bits per heavy atom. The van der Waals surface area contributed by atoms with Crippen LogP contribution < -0.4 is 24.3 Å². The van der Waals surface area contributed by atoms with E-state index in [1.165, 1.54) is 0 Å². The highest BCUT2D eigenvalue weighted by atomic mass is 16.7. The molecular weight excluding hydrogens is 322 g/mol. The third-order valence-electron chi connectivity index (χ3n) is 3.98. The van der Waals surface area contributed by atoms with Crippen molar-refractivity contribution < 1.29 is 23.7 Å². The lowest BCUT2D eigenvalue weighted by atomic mass is 10.1. The molecule has 0 aromatic heterocycles. The number of hydrogen-bond donors (Lipinski definition) is 1. The van der Waals surface area contributed by atoms with E-state index in [0.29, 0.717) is 19.4 Å². The minimum absolute atomic E-state index is 0.0144. The zero-order valence-corrected chi connectivity index (χ0v) is 14.3. The van der Waals surface area contributed by atoms with Gasteiger partial charge in [-0.25, -0.2) is 0 Å². The Kier molecular flexibility index (Phi) is 5.28. The van der Waals surface area contributed by atoms with Crippen LogP contribution in [0.25, 0.3) is 0 Å². The summed E-state index contributed by atoms with van der Waals surface area (Å²) in [6.45, 7) is 0.700. The molecular formula is C19H21NO5. The molecule has 1 N–H and O–H groups in total. The van der Waals surface area contributed by atoms with E-state index in [1.54, 1.807) is 14.2 Å². The topological polar surface area (TPSA) is 66.0 Å². The molecule has 0 unspecified atom stereocenters. The Hall–Kier alpha value is -2.89. The quantitative estimate of drug-likeness (QED) is 0.837. The van der Waals surface area contributed by atoms with E-state index in [2.05, 4.69) is 5.32 Å². The van der Waals surface area contributed by atoms with Crippen LogP contribution in [0.15, 0.2) is 36.4 Å². The molecule has 6 heteroatoms. The molecule has 25 heavy (non-hydrogen) atoms. The number of rotatable bonds is 7. The lowest BCUT2D eigenvalue weighted by Gasteiger charge is -2.09. The van der Waals surface area contributed by atoms with Crippen LogP contribution in [-0.2, 0) is 17.8 Å². The summed E-state index contributed by atoms with van der Waals surface area (Å²) in [4.78, 5) is 12.1. The second-order valence-electron chi connectivity index (χ2n) is 5.69. The molecule has 0 bridgehead atoms. The minimum atomic E-state index is -0.0144. The van der Waals surface area contributed by atoms with Crippen LogP contribution in [0.2, 0.25) is 0 Å². The van der Waals surface area contributed by atoms with Crippen molar-refractivity contribution in [2.45, 2.75) is 19.4 Å². The van der Waals surface area contributed by atoms with Gasteiger partial charge in [0.1, 0.15) is 11.5 Å². The van der Waals surface area contributed by atoms with Gasteiger partial charge < -0.3 is 24.3 Å². The van der Waals surface area contributed by atoms with Gasteiger partial charge in [0.2, 0.25) is 12.7 Å². The van der Waals surface area contributed by atoms with Gasteiger partial charge in [0.25, 0.3) is 0 Å². The third kappa shape index (κ3) is 4.35. The monoisotopic (exact) mass is 343 g/mol. The first-order chi connectivity index (χ1) is 12.2. The first kappa shape index (κ1) is 17.0. The van der Waals surface area contributed by atoms with Crippen LogP contribution in [0.5, 0.6) is 23.0 Å². The number of carbonyl (C=O) groups excluding carboxylic acids is 1. The Balaban J connectivity index is 1.51. The Morgan fingerprint density at radius 2 is 1.72 bits per heavy atom. The molecule has 1 aliphatic heterocycles. The van der Waals surface area contributed by atoms with Gasteiger partial charge in [0.15, 0.2) is 11.5 Å². The van der Waals surface area contributed by atoms with E-state index in [4.69, 9.17) is 18.9 Å². The molecule has 6 nitrogen and oxygen atoms in total. The van der Waals surface area contributed by atoms with Gasteiger partial charge in [-0.2, -0.15) is 0 Å². The maximum absolute atomic E-state index is 12.1. The van der Waals surface area contributed by atoms with Crippen LogP contribution in [-0.4, -0.2) is 26.9 Å². The van der Waals surface area contributed by atoms with E-state index in [0.717, 1.165) is 34.1 Å². The van der Waals surface area contributed by atoms with Gasteiger partial charge in [0, 0.05) is 19.0 Å². The standard InChI is InChI=1S/C19H21NO5/c1-22-15-7-13(8-16(10-15)23-2)4-6-19(21)20-11-14-3-5-17-18(9-14)25-12-24-17/h3,5,7-10H,4,6,11-12H2,1-2H3,(H,20,21). The Labute approximate surface area is 146 Å². The number of aryl methyl sites for hydroxylation is 1. The van der Waals surface area contributed by atoms with Gasteiger partial charge in [-0.1, -0.05) is 6.07 Å². The van der Waals surface area contributed by atoms with Crippen molar-refractivity contribution in [1.29, 1.82) is 0 Å². The number of methoxy groups -OCH3 is 2. The fourth-order valence-corrected chi connectivity index (χ4v) is 2.61. The summed E-state index contributed by atoms with van der Waals surface area (Å²) in [5, 5.41) is 2.92. The highest BCUT2D eigenvalue weighted by molar-refractivity contribution is 5.76. The molecule has 0 radical (unpaired) electrons. The lowest BCUT2D eigenvalue weighted by molar-refractivity contribution is -0.121. The summed E-state index contributed by atoms with van der Waals surface area (Å²) < 4.78 is 21.1. The summed E-state index contributed by atoms with van der Waals surface area (Å²) in [7, 11) is 3.22. The molecule has 132 valence electrons. The van der Waals surface area contributed by atoms with Gasteiger partial charge >= 0.3 is 0 Å². The SMILES string of the molecule is COc1cc(CCC(=O)NCc2ccc3c(c2)OCO3)cc(OC)c1. The summed E-state index contributed by atoms with van der Waals surface area (Å²) in [5.74, 6) is 2.88. The molecule has 0 atom stereocenters. The van der Waals surface area contributed by atoms with E-state index in [-0.39, 0.29) is 12.7 Å². The van der Waals surface area contributed by atoms with Crippen LogP contribution in [0.4, 0.5) is 0 Å². The number of nitrogens with one attached hydrogen (secondary N) is 1. The average Bonchev–Trinajstić information content (AvgIpc) is 3.12. The fourth-order valence-electron chi connectivity index (χ4n) is 2.61. The van der Waals surface area contributed by atoms with Gasteiger partial charge in [-0.3, -0.25) is 4.79 Å². The van der Waals surface area contributed by atoms with Crippen LogP contribution in [0, 0.1) is 0 Å². The third-order valence-corrected chi connectivity index (χ3v) is 3.98. The molecule has 1 amide bonds. The number of carbonyl (C=O) groups is 1. The summed E-state index contributed by atoms with van der Waals surface area (Å²) in [5.41, 5.74) is 1.97. The molecule has 0 aliphatic carbocycles. The number of amides is 1. The van der Waals surface area contributed by atoms with Crippen molar-refractivity contribution in [3.63, 3.8) is 0 Å². The summed E-state index contributed by atoms with van der Waals surface area (Å²) in [6.07, 6.45) is 1.00. The lowest BCUT2D eigenvalue weighted by Crippen LogP contribution is -2.23. The number of benzene rings is 2. The largest absolute Gasteiger partial charge is 0.497 e. The van der Waals surface area contributed by atoms with Crippen LogP contribution in [0.1, 0.15) is 17.5 Å². The fraction of sp³-hybridized carbons (Fsp3) is 0.316. The van der Waals surface area contributed by atoms with Crippen LogP contribution >= 0.6 is 0 Å². The van der Waals surface area contributed by atoms with Gasteiger partial charge in [0.05, 0.1) is 14.2 Å². The van der Waals surface area contributed by atoms with Crippen molar-refractivity contribution in [2.75, 3.05) is 21.0 Å². The normalized spacial score (nSPS) is 11.9. The number of hydrogen-bond acceptors (Lipinski definition) is 5. The minimum Gasteiger partial charge on any atom is -0.497 e. The van der Waals surface area contributed by atoms with E-state index in [1.807, 2.05) is 36.4 Å². The molecule has 0 fully saturated rings. The maximum atomic E-state index is 12.1. The molecule has 2 aromatic carbocycles. The molecule has 1 aliphatic rings. The van der Waals surface area contributed by atoms with Crippen molar-refractivity contribution in [3.05, 3.63) is 47.5 Å². The first-order valence-corrected chi connectivity index (χ1v) is 8.05. The summed E-state index contributed by atoms with van der Waals surface area (Å²) >= 11 is 0. The Bertz CT molecular complexity index is 737. The predicted molar refractivity (Wildman–Crippen MR) is 92.3 cm³/mol. The molecule has 1 heterocycles.